The number of sulfonamides is 1. The maximum absolute atomic E-state index is 15.3. The summed E-state index contributed by atoms with van der Waals surface area (Å²) in [5.41, 5.74) is -0.621. The van der Waals surface area contributed by atoms with E-state index >= 15 is 4.39 Å². The molecule has 11 heteroatoms. The second-order valence-electron chi connectivity index (χ2n) is 7.84. The number of primary sulfonamides is 1. The maximum Gasteiger partial charge on any atom is 0.320 e. The van der Waals surface area contributed by atoms with Crippen molar-refractivity contribution in [3.63, 3.8) is 0 Å². The molecule has 3 aromatic rings. The van der Waals surface area contributed by atoms with Gasteiger partial charge in [0.2, 0.25) is 15.9 Å². The number of hydrogen-bond donors (Lipinski definition) is 4. The third-order valence-electron chi connectivity index (χ3n) is 5.35. The molecule has 4 rings (SSSR count). The average molecular weight is 503 g/mol. The first-order chi connectivity index (χ1) is 16.1. The van der Waals surface area contributed by atoms with Crippen LogP contribution in [0.4, 0.5) is 20.6 Å². The van der Waals surface area contributed by atoms with Crippen LogP contribution >= 0.6 is 11.6 Å². The van der Waals surface area contributed by atoms with Gasteiger partial charge >= 0.3 is 6.03 Å². The van der Waals surface area contributed by atoms with Gasteiger partial charge in [-0.25, -0.2) is 22.7 Å². The molecule has 5 N–H and O–H groups in total. The lowest BCUT2D eigenvalue weighted by Gasteiger charge is -2.19. The molecule has 1 aliphatic carbocycles. The van der Waals surface area contributed by atoms with Crippen molar-refractivity contribution in [3.05, 3.63) is 77.6 Å². The summed E-state index contributed by atoms with van der Waals surface area (Å²) in [7, 11) is -4.46. The number of anilines is 2. The molecule has 176 valence electrons. The van der Waals surface area contributed by atoms with Crippen molar-refractivity contribution < 1.29 is 22.4 Å². The number of halogens is 2. The van der Waals surface area contributed by atoms with Crippen molar-refractivity contribution in [1.82, 2.24) is 5.32 Å². The Hall–Kier alpha value is -3.47. The van der Waals surface area contributed by atoms with Crippen LogP contribution in [0.1, 0.15) is 12.8 Å². The number of urea groups is 1. The van der Waals surface area contributed by atoms with E-state index in [-0.39, 0.29) is 11.3 Å². The first-order valence-electron chi connectivity index (χ1n) is 10.2. The van der Waals surface area contributed by atoms with E-state index in [0.29, 0.717) is 29.1 Å². The summed E-state index contributed by atoms with van der Waals surface area (Å²) < 4.78 is 39.7. The predicted octanol–water partition coefficient (Wildman–Crippen LogP) is 4.09. The van der Waals surface area contributed by atoms with E-state index in [4.69, 9.17) is 16.7 Å². The van der Waals surface area contributed by atoms with Crippen LogP contribution in [0.3, 0.4) is 0 Å². The molecule has 0 heterocycles. The van der Waals surface area contributed by atoms with Gasteiger partial charge in [-0.15, -0.1) is 0 Å². The summed E-state index contributed by atoms with van der Waals surface area (Å²) in [4.78, 5) is 24.5. The maximum atomic E-state index is 15.3. The SMILES string of the molecule is NS(=O)(=O)c1c(-c2ccccc2)ccc(NC(=O)C2(NC(=O)Nc3ccc(Cl)cc3)CC2)c1F. The van der Waals surface area contributed by atoms with E-state index in [2.05, 4.69) is 16.0 Å². The number of amides is 3. The summed E-state index contributed by atoms with van der Waals surface area (Å²) in [5, 5.41) is 13.4. The molecule has 0 unspecified atom stereocenters. The standard InChI is InChI=1S/C23H20ClFN4O4S/c24-15-6-8-16(9-7-15)27-22(31)29-23(12-13-23)21(30)28-18-11-10-17(14-4-2-1-3-5-14)20(19(18)25)34(26,32)33/h1-11H,12-13H2,(H,28,30)(H2,26,32,33)(H2,27,29,31). The van der Waals surface area contributed by atoms with Gasteiger partial charge in [0.25, 0.3) is 0 Å². The Morgan fingerprint density at radius 1 is 0.941 bits per heavy atom. The minimum Gasteiger partial charge on any atom is -0.323 e. The van der Waals surface area contributed by atoms with Gasteiger partial charge in [0, 0.05) is 16.3 Å². The van der Waals surface area contributed by atoms with Gasteiger partial charge in [-0.05, 0) is 48.7 Å². The lowest BCUT2D eigenvalue weighted by atomic mass is 10.0. The average Bonchev–Trinajstić information content (AvgIpc) is 3.57. The molecule has 0 aromatic heterocycles. The van der Waals surface area contributed by atoms with Gasteiger partial charge in [-0.1, -0.05) is 48.0 Å². The van der Waals surface area contributed by atoms with Gasteiger partial charge in [0.15, 0.2) is 5.82 Å². The number of hydrogen-bond acceptors (Lipinski definition) is 4. The Bertz CT molecular complexity index is 1360. The minimum absolute atomic E-state index is 0.0696. The Morgan fingerprint density at radius 2 is 1.59 bits per heavy atom. The molecule has 3 aromatic carbocycles. The zero-order chi connectivity index (χ0) is 24.5. The molecule has 0 spiro atoms. The minimum atomic E-state index is -4.46. The quantitative estimate of drug-likeness (QED) is 0.404. The number of nitrogens with one attached hydrogen (secondary N) is 3. The first kappa shape index (κ1) is 23.7. The number of rotatable bonds is 6. The van der Waals surface area contributed by atoms with Crippen LogP contribution in [0, 0.1) is 5.82 Å². The molecule has 8 nitrogen and oxygen atoms in total. The van der Waals surface area contributed by atoms with Crippen LogP contribution in [-0.4, -0.2) is 25.9 Å². The molecule has 1 fully saturated rings. The van der Waals surface area contributed by atoms with E-state index in [9.17, 15) is 18.0 Å². The van der Waals surface area contributed by atoms with Crippen LogP contribution in [-0.2, 0) is 14.8 Å². The molecule has 0 atom stereocenters. The molecule has 0 aliphatic heterocycles. The fraction of sp³-hybridized carbons (Fsp3) is 0.130. The van der Waals surface area contributed by atoms with Gasteiger partial charge in [0.05, 0.1) is 5.69 Å². The van der Waals surface area contributed by atoms with Crippen LogP contribution in [0.5, 0.6) is 0 Å². The molecule has 1 saturated carbocycles. The number of nitrogens with two attached hydrogens (primary N) is 1. The Kier molecular flexibility index (Phi) is 6.30. The highest BCUT2D eigenvalue weighted by molar-refractivity contribution is 7.89. The highest BCUT2D eigenvalue weighted by Gasteiger charge is 2.51. The Labute approximate surface area is 200 Å². The van der Waals surface area contributed by atoms with Crippen molar-refractivity contribution in [2.24, 2.45) is 5.14 Å². The molecule has 0 bridgehead atoms. The lowest BCUT2D eigenvalue weighted by Crippen LogP contribution is -2.47. The summed E-state index contributed by atoms with van der Waals surface area (Å²) in [6.07, 6.45) is 0.664. The third kappa shape index (κ3) is 5.04. The zero-order valence-electron chi connectivity index (χ0n) is 17.6. The predicted molar refractivity (Wildman–Crippen MR) is 127 cm³/mol. The normalized spacial score (nSPS) is 14.2. The van der Waals surface area contributed by atoms with E-state index in [1.165, 1.54) is 12.1 Å². The second kappa shape index (κ2) is 9.05. The topological polar surface area (TPSA) is 130 Å². The summed E-state index contributed by atoms with van der Waals surface area (Å²) in [5.74, 6) is -1.86. The van der Waals surface area contributed by atoms with Gasteiger partial charge in [-0.3, -0.25) is 4.79 Å². The molecule has 3 amide bonds. The highest BCUT2D eigenvalue weighted by Crippen LogP contribution is 2.38. The van der Waals surface area contributed by atoms with E-state index < -0.39 is 38.2 Å². The fourth-order valence-electron chi connectivity index (χ4n) is 3.46. The van der Waals surface area contributed by atoms with Gasteiger partial charge in [-0.2, -0.15) is 0 Å². The second-order valence-corrected chi connectivity index (χ2v) is 9.77. The van der Waals surface area contributed by atoms with Crippen molar-refractivity contribution >= 4 is 44.9 Å². The fourth-order valence-corrected chi connectivity index (χ4v) is 4.44. The van der Waals surface area contributed by atoms with E-state index in [1.807, 2.05) is 0 Å². The van der Waals surface area contributed by atoms with Crippen LogP contribution in [0.15, 0.2) is 71.6 Å². The molecular formula is C23H20ClFN4O4S. The summed E-state index contributed by atoms with van der Waals surface area (Å²) in [6.45, 7) is 0. The summed E-state index contributed by atoms with van der Waals surface area (Å²) in [6, 6.07) is 16.7. The van der Waals surface area contributed by atoms with Crippen molar-refractivity contribution in [3.8, 4) is 11.1 Å². The zero-order valence-corrected chi connectivity index (χ0v) is 19.2. The molecular weight excluding hydrogens is 483 g/mol. The third-order valence-corrected chi connectivity index (χ3v) is 6.57. The molecule has 0 saturated heterocycles. The lowest BCUT2D eigenvalue weighted by molar-refractivity contribution is -0.118. The molecule has 1 aliphatic rings. The first-order valence-corrected chi connectivity index (χ1v) is 12.1. The smallest absolute Gasteiger partial charge is 0.320 e. The Morgan fingerprint density at radius 3 is 2.18 bits per heavy atom. The van der Waals surface area contributed by atoms with E-state index in [1.54, 1.807) is 54.6 Å². The van der Waals surface area contributed by atoms with Crippen LogP contribution in [0.2, 0.25) is 5.02 Å². The van der Waals surface area contributed by atoms with Gasteiger partial charge in [0.1, 0.15) is 10.4 Å². The molecule has 34 heavy (non-hydrogen) atoms. The van der Waals surface area contributed by atoms with Crippen molar-refractivity contribution in [2.75, 3.05) is 10.6 Å². The largest absolute Gasteiger partial charge is 0.323 e. The number of carbonyl (C=O) groups excluding carboxylic acids is 2. The monoisotopic (exact) mass is 502 g/mol. The Balaban J connectivity index is 1.54. The van der Waals surface area contributed by atoms with Crippen molar-refractivity contribution in [1.29, 1.82) is 0 Å². The highest BCUT2D eigenvalue weighted by atomic mass is 35.5. The molecule has 0 radical (unpaired) electrons. The van der Waals surface area contributed by atoms with E-state index in [0.717, 1.165) is 0 Å². The number of benzene rings is 3. The summed E-state index contributed by atoms with van der Waals surface area (Å²) >= 11 is 5.82. The van der Waals surface area contributed by atoms with Crippen LogP contribution in [0.25, 0.3) is 11.1 Å². The number of carbonyl (C=O) groups is 2. The van der Waals surface area contributed by atoms with Crippen molar-refractivity contribution in [2.45, 2.75) is 23.3 Å². The van der Waals surface area contributed by atoms with Crippen LogP contribution < -0.4 is 21.1 Å². The van der Waals surface area contributed by atoms with Gasteiger partial charge < -0.3 is 16.0 Å².